The number of benzene rings is 1. The third-order valence-electron chi connectivity index (χ3n) is 3.75. The molecule has 0 aliphatic heterocycles. The van der Waals surface area contributed by atoms with Gasteiger partial charge in [0.1, 0.15) is 5.82 Å². The van der Waals surface area contributed by atoms with Crippen molar-refractivity contribution in [1.29, 1.82) is 0 Å². The molecule has 2 aromatic rings. The van der Waals surface area contributed by atoms with Crippen LogP contribution in [0.4, 0.5) is 0 Å². The van der Waals surface area contributed by atoms with Gasteiger partial charge < -0.3 is 10.3 Å². The number of fused-ring (bicyclic) bond motifs is 1. The van der Waals surface area contributed by atoms with E-state index in [1.807, 2.05) is 0 Å². The first-order chi connectivity index (χ1) is 9.08. The number of nitrogens with two attached hydrogens (primary N) is 1. The second-order valence-corrected chi connectivity index (χ2v) is 5.23. The van der Waals surface area contributed by atoms with E-state index in [9.17, 15) is 0 Å². The molecule has 1 atom stereocenters. The summed E-state index contributed by atoms with van der Waals surface area (Å²) in [7, 11) is 4.16. The van der Waals surface area contributed by atoms with Gasteiger partial charge in [0.2, 0.25) is 0 Å². The fourth-order valence-electron chi connectivity index (χ4n) is 2.33. The van der Waals surface area contributed by atoms with Crippen LogP contribution in [0.3, 0.4) is 0 Å². The van der Waals surface area contributed by atoms with Gasteiger partial charge in [0.15, 0.2) is 0 Å². The van der Waals surface area contributed by atoms with Gasteiger partial charge in [0.25, 0.3) is 0 Å². The average Bonchev–Trinajstić information content (AvgIpc) is 2.76. The predicted molar refractivity (Wildman–Crippen MR) is 80.3 cm³/mol. The maximum absolute atomic E-state index is 5.75. The molecule has 0 amide bonds. The first-order valence-corrected chi connectivity index (χ1v) is 6.94. The van der Waals surface area contributed by atoms with Gasteiger partial charge in [-0.3, -0.25) is 4.90 Å². The lowest BCUT2D eigenvalue weighted by Gasteiger charge is -2.20. The molecular formula is C15H24N4. The van der Waals surface area contributed by atoms with Gasteiger partial charge >= 0.3 is 0 Å². The van der Waals surface area contributed by atoms with Crippen LogP contribution in [0.15, 0.2) is 18.2 Å². The minimum absolute atomic E-state index is 0.282. The first-order valence-electron chi connectivity index (χ1n) is 6.94. The van der Waals surface area contributed by atoms with E-state index < -0.39 is 0 Å². The second-order valence-electron chi connectivity index (χ2n) is 5.23. The summed E-state index contributed by atoms with van der Waals surface area (Å²) in [5.41, 5.74) is 9.34. The van der Waals surface area contributed by atoms with Gasteiger partial charge in [0, 0.05) is 13.1 Å². The van der Waals surface area contributed by atoms with E-state index in [2.05, 4.69) is 55.6 Å². The lowest BCUT2D eigenvalue weighted by molar-refractivity contribution is 0.302. The highest BCUT2D eigenvalue weighted by molar-refractivity contribution is 5.77. The highest BCUT2D eigenvalue weighted by atomic mass is 15.2. The molecule has 0 saturated carbocycles. The average molecular weight is 260 g/mol. The Bertz CT molecular complexity index is 557. The van der Waals surface area contributed by atoms with Gasteiger partial charge in [-0.2, -0.15) is 0 Å². The molecule has 4 heteroatoms. The van der Waals surface area contributed by atoms with Gasteiger partial charge in [-0.05, 0) is 45.1 Å². The smallest absolute Gasteiger partial charge is 0.127 e. The fourth-order valence-corrected chi connectivity index (χ4v) is 2.33. The number of aryl methyl sites for hydroxylation is 1. The molecule has 4 nitrogen and oxygen atoms in total. The van der Waals surface area contributed by atoms with E-state index in [0.29, 0.717) is 6.54 Å². The molecule has 0 saturated heterocycles. The minimum Gasteiger partial charge on any atom is -0.329 e. The molecular weight excluding hydrogens is 236 g/mol. The van der Waals surface area contributed by atoms with Crippen LogP contribution >= 0.6 is 0 Å². The molecule has 0 aliphatic rings. The molecule has 19 heavy (non-hydrogen) atoms. The van der Waals surface area contributed by atoms with Crippen molar-refractivity contribution in [2.75, 3.05) is 20.6 Å². The van der Waals surface area contributed by atoms with Crippen molar-refractivity contribution in [1.82, 2.24) is 14.5 Å². The standard InChI is InChI=1S/C15H24N4/c1-5-12-6-7-14-13(10-12)17-15(11(2)18(3)4)19(14)9-8-16/h6-7,10-11H,5,8-9,16H2,1-4H3. The van der Waals surface area contributed by atoms with Crippen LogP contribution < -0.4 is 5.73 Å². The Morgan fingerprint density at radius 2 is 2.11 bits per heavy atom. The summed E-state index contributed by atoms with van der Waals surface area (Å²) in [6.07, 6.45) is 1.04. The lowest BCUT2D eigenvalue weighted by atomic mass is 10.1. The largest absolute Gasteiger partial charge is 0.329 e. The molecule has 1 unspecified atom stereocenters. The van der Waals surface area contributed by atoms with E-state index in [-0.39, 0.29) is 6.04 Å². The quantitative estimate of drug-likeness (QED) is 0.896. The number of hydrogen-bond donors (Lipinski definition) is 1. The zero-order chi connectivity index (χ0) is 14.0. The second kappa shape index (κ2) is 5.72. The van der Waals surface area contributed by atoms with Crippen LogP contribution in [0, 0.1) is 0 Å². The van der Waals surface area contributed by atoms with Gasteiger partial charge in [-0.1, -0.05) is 13.0 Å². The summed E-state index contributed by atoms with van der Waals surface area (Å²) in [6.45, 7) is 5.79. The highest BCUT2D eigenvalue weighted by Gasteiger charge is 2.17. The summed E-state index contributed by atoms with van der Waals surface area (Å²) in [5.74, 6) is 1.10. The number of imidazole rings is 1. The maximum atomic E-state index is 5.75. The van der Waals surface area contributed by atoms with Crippen LogP contribution in [-0.4, -0.2) is 35.1 Å². The Morgan fingerprint density at radius 1 is 1.37 bits per heavy atom. The zero-order valence-corrected chi connectivity index (χ0v) is 12.3. The Labute approximate surface area is 115 Å². The van der Waals surface area contributed by atoms with Crippen molar-refractivity contribution in [3.8, 4) is 0 Å². The van der Waals surface area contributed by atoms with E-state index in [0.717, 1.165) is 24.3 Å². The topological polar surface area (TPSA) is 47.1 Å². The molecule has 104 valence electrons. The predicted octanol–water partition coefficient (Wildman–Crippen LogP) is 2.18. The van der Waals surface area contributed by atoms with Crippen LogP contribution in [0.25, 0.3) is 11.0 Å². The van der Waals surface area contributed by atoms with Crippen molar-refractivity contribution >= 4 is 11.0 Å². The van der Waals surface area contributed by atoms with Crippen molar-refractivity contribution in [2.45, 2.75) is 32.9 Å². The van der Waals surface area contributed by atoms with Gasteiger partial charge in [-0.25, -0.2) is 4.98 Å². The third-order valence-corrected chi connectivity index (χ3v) is 3.75. The SMILES string of the molecule is CCc1ccc2c(c1)nc(C(C)N(C)C)n2CCN. The molecule has 0 bridgehead atoms. The maximum Gasteiger partial charge on any atom is 0.127 e. The van der Waals surface area contributed by atoms with Crippen molar-refractivity contribution < 1.29 is 0 Å². The molecule has 0 spiro atoms. The number of hydrogen-bond acceptors (Lipinski definition) is 3. The van der Waals surface area contributed by atoms with E-state index >= 15 is 0 Å². The number of aromatic nitrogens is 2. The molecule has 2 rings (SSSR count). The summed E-state index contributed by atoms with van der Waals surface area (Å²) in [6, 6.07) is 6.82. The monoisotopic (exact) mass is 260 g/mol. The first kappa shape index (κ1) is 14.0. The van der Waals surface area contributed by atoms with Crippen molar-refractivity contribution in [3.05, 3.63) is 29.6 Å². The zero-order valence-electron chi connectivity index (χ0n) is 12.3. The molecule has 1 aromatic heterocycles. The molecule has 0 radical (unpaired) electrons. The normalized spacial score (nSPS) is 13.4. The van der Waals surface area contributed by atoms with Crippen LogP contribution in [0.2, 0.25) is 0 Å². The number of rotatable bonds is 5. The van der Waals surface area contributed by atoms with Crippen molar-refractivity contribution in [3.63, 3.8) is 0 Å². The highest BCUT2D eigenvalue weighted by Crippen LogP contribution is 2.24. The van der Waals surface area contributed by atoms with Crippen LogP contribution in [0.1, 0.15) is 31.3 Å². The summed E-state index contributed by atoms with van der Waals surface area (Å²) < 4.78 is 2.25. The molecule has 0 aliphatic carbocycles. The Hall–Kier alpha value is -1.39. The third kappa shape index (κ3) is 2.65. The number of nitrogens with zero attached hydrogens (tertiary/aromatic N) is 3. The van der Waals surface area contributed by atoms with Gasteiger partial charge in [0.05, 0.1) is 17.1 Å². The van der Waals surface area contributed by atoms with E-state index in [4.69, 9.17) is 10.7 Å². The van der Waals surface area contributed by atoms with Crippen LogP contribution in [-0.2, 0) is 13.0 Å². The molecule has 2 N–H and O–H groups in total. The summed E-state index contributed by atoms with van der Waals surface area (Å²) in [5, 5.41) is 0. The molecule has 0 fully saturated rings. The lowest BCUT2D eigenvalue weighted by Crippen LogP contribution is -2.22. The summed E-state index contributed by atoms with van der Waals surface area (Å²) >= 11 is 0. The minimum atomic E-state index is 0.282. The van der Waals surface area contributed by atoms with E-state index in [1.54, 1.807) is 0 Å². The molecule has 1 heterocycles. The Balaban J connectivity index is 2.58. The fraction of sp³-hybridized carbons (Fsp3) is 0.533. The van der Waals surface area contributed by atoms with Crippen LogP contribution in [0.5, 0.6) is 0 Å². The molecule has 1 aromatic carbocycles. The Kier molecular flexibility index (Phi) is 4.22. The van der Waals surface area contributed by atoms with Gasteiger partial charge in [-0.15, -0.1) is 0 Å². The Morgan fingerprint density at radius 3 is 2.68 bits per heavy atom. The summed E-state index contributed by atoms with van der Waals surface area (Å²) in [4.78, 5) is 7.00. The van der Waals surface area contributed by atoms with Crippen molar-refractivity contribution in [2.24, 2.45) is 5.73 Å². The van der Waals surface area contributed by atoms with E-state index in [1.165, 1.54) is 11.1 Å².